The lowest BCUT2D eigenvalue weighted by molar-refractivity contribution is 0.0238. The fourth-order valence-electron chi connectivity index (χ4n) is 1.54. The van der Waals surface area contributed by atoms with Crippen molar-refractivity contribution < 1.29 is 5.11 Å². The smallest absolute Gasteiger partial charge is 0.132 e. The van der Waals surface area contributed by atoms with Crippen LogP contribution in [-0.2, 0) is 6.42 Å². The molecule has 0 amide bonds. The Labute approximate surface area is 122 Å². The lowest BCUT2D eigenvalue weighted by atomic mass is 9.86. The van der Waals surface area contributed by atoms with Crippen LogP contribution in [0, 0.1) is 0 Å². The number of aromatic nitrogens is 2. The second kappa shape index (κ2) is 6.39. The van der Waals surface area contributed by atoms with Gasteiger partial charge in [-0.25, -0.2) is 9.97 Å². The molecule has 0 aliphatic rings. The SMILES string of the molecule is CCCNc1cc(NC(C)(C)C(C)(C)O)nc(CC)n1. The van der Waals surface area contributed by atoms with Gasteiger partial charge in [0.1, 0.15) is 17.5 Å². The van der Waals surface area contributed by atoms with Gasteiger partial charge in [-0.2, -0.15) is 0 Å². The third-order valence-electron chi connectivity index (χ3n) is 3.61. The molecular formula is C15H28N4O. The number of aliphatic hydroxyl groups is 1. The van der Waals surface area contributed by atoms with Crippen molar-refractivity contribution in [1.29, 1.82) is 0 Å². The summed E-state index contributed by atoms with van der Waals surface area (Å²) in [5.74, 6) is 2.36. The van der Waals surface area contributed by atoms with Gasteiger partial charge < -0.3 is 15.7 Å². The first-order valence-corrected chi connectivity index (χ1v) is 7.32. The highest BCUT2D eigenvalue weighted by Crippen LogP contribution is 2.26. The van der Waals surface area contributed by atoms with E-state index in [9.17, 15) is 5.11 Å². The van der Waals surface area contributed by atoms with Crippen LogP contribution < -0.4 is 10.6 Å². The van der Waals surface area contributed by atoms with Crippen LogP contribution in [0.5, 0.6) is 0 Å². The summed E-state index contributed by atoms with van der Waals surface area (Å²) in [5.41, 5.74) is -1.35. The highest BCUT2D eigenvalue weighted by Gasteiger charge is 2.35. The number of hydrogen-bond acceptors (Lipinski definition) is 5. The van der Waals surface area contributed by atoms with E-state index in [4.69, 9.17) is 0 Å². The van der Waals surface area contributed by atoms with E-state index in [0.29, 0.717) is 0 Å². The maximum Gasteiger partial charge on any atom is 0.132 e. The van der Waals surface area contributed by atoms with Crippen molar-refractivity contribution in [2.24, 2.45) is 0 Å². The van der Waals surface area contributed by atoms with Gasteiger partial charge in [0, 0.05) is 19.0 Å². The minimum Gasteiger partial charge on any atom is -0.388 e. The topological polar surface area (TPSA) is 70.1 Å². The molecule has 0 spiro atoms. The monoisotopic (exact) mass is 280 g/mol. The summed E-state index contributed by atoms with van der Waals surface area (Å²) in [4.78, 5) is 8.94. The van der Waals surface area contributed by atoms with E-state index < -0.39 is 11.1 Å². The molecule has 0 bridgehead atoms. The first kappa shape index (κ1) is 16.7. The van der Waals surface area contributed by atoms with Crippen LogP contribution in [0.25, 0.3) is 0 Å². The lowest BCUT2D eigenvalue weighted by Crippen LogP contribution is -2.51. The van der Waals surface area contributed by atoms with Crippen molar-refractivity contribution >= 4 is 11.6 Å². The summed E-state index contributed by atoms with van der Waals surface area (Å²) >= 11 is 0. The van der Waals surface area contributed by atoms with E-state index in [0.717, 1.165) is 36.8 Å². The van der Waals surface area contributed by atoms with Crippen molar-refractivity contribution in [2.45, 2.75) is 65.5 Å². The third kappa shape index (κ3) is 4.34. The maximum atomic E-state index is 10.2. The van der Waals surface area contributed by atoms with Crippen LogP contribution in [0.3, 0.4) is 0 Å². The quantitative estimate of drug-likeness (QED) is 0.716. The number of aryl methyl sites for hydroxylation is 1. The molecule has 5 nitrogen and oxygen atoms in total. The van der Waals surface area contributed by atoms with Crippen molar-refractivity contribution in [3.8, 4) is 0 Å². The lowest BCUT2D eigenvalue weighted by Gasteiger charge is -2.38. The number of nitrogens with zero attached hydrogens (tertiary/aromatic N) is 2. The van der Waals surface area contributed by atoms with E-state index in [1.165, 1.54) is 0 Å². The van der Waals surface area contributed by atoms with Crippen LogP contribution in [0.2, 0.25) is 0 Å². The predicted octanol–water partition coefficient (Wildman–Crippen LogP) is 2.82. The Bertz CT molecular complexity index is 438. The average Bonchev–Trinajstić information content (AvgIpc) is 2.34. The molecular weight excluding hydrogens is 252 g/mol. The Morgan fingerprint density at radius 2 is 1.70 bits per heavy atom. The molecule has 114 valence electrons. The second-order valence-corrected chi connectivity index (χ2v) is 6.14. The van der Waals surface area contributed by atoms with Gasteiger partial charge in [0.2, 0.25) is 0 Å². The van der Waals surface area contributed by atoms with Gasteiger partial charge in [-0.15, -0.1) is 0 Å². The largest absolute Gasteiger partial charge is 0.388 e. The van der Waals surface area contributed by atoms with Gasteiger partial charge >= 0.3 is 0 Å². The average molecular weight is 280 g/mol. The van der Waals surface area contributed by atoms with Gasteiger partial charge in [0.25, 0.3) is 0 Å². The number of hydrogen-bond donors (Lipinski definition) is 3. The first-order valence-electron chi connectivity index (χ1n) is 7.32. The Morgan fingerprint density at radius 3 is 2.20 bits per heavy atom. The van der Waals surface area contributed by atoms with Crippen molar-refractivity contribution in [2.75, 3.05) is 17.2 Å². The van der Waals surface area contributed by atoms with Crippen LogP contribution in [0.4, 0.5) is 11.6 Å². The normalized spacial score (nSPS) is 12.3. The Kier molecular flexibility index (Phi) is 5.34. The van der Waals surface area contributed by atoms with Crippen LogP contribution >= 0.6 is 0 Å². The zero-order valence-electron chi connectivity index (χ0n) is 13.5. The van der Waals surface area contributed by atoms with Crippen molar-refractivity contribution in [1.82, 2.24) is 9.97 Å². The zero-order chi connectivity index (χ0) is 15.4. The van der Waals surface area contributed by atoms with Gasteiger partial charge in [0.05, 0.1) is 11.1 Å². The van der Waals surface area contributed by atoms with E-state index >= 15 is 0 Å². The number of rotatable bonds is 7. The van der Waals surface area contributed by atoms with Crippen LogP contribution in [0.1, 0.15) is 53.8 Å². The molecule has 0 unspecified atom stereocenters. The number of anilines is 2. The third-order valence-corrected chi connectivity index (χ3v) is 3.61. The Morgan fingerprint density at radius 1 is 1.10 bits per heavy atom. The standard InChI is InChI=1S/C15H28N4O/c1-7-9-16-12-10-13(18-11(8-2)17-12)19-14(3,4)15(5,6)20/h10,20H,7-9H2,1-6H3,(H2,16,17,18,19). The van der Waals surface area contributed by atoms with Gasteiger partial charge in [0.15, 0.2) is 0 Å². The van der Waals surface area contributed by atoms with E-state index in [2.05, 4.69) is 27.5 Å². The molecule has 1 rings (SSSR count). The van der Waals surface area contributed by atoms with Crippen molar-refractivity contribution in [3.05, 3.63) is 11.9 Å². The molecule has 0 saturated carbocycles. The molecule has 3 N–H and O–H groups in total. The fourth-order valence-corrected chi connectivity index (χ4v) is 1.54. The molecule has 0 saturated heterocycles. The summed E-state index contributed by atoms with van der Waals surface area (Å²) < 4.78 is 0. The molecule has 0 radical (unpaired) electrons. The summed E-state index contributed by atoms with van der Waals surface area (Å²) in [7, 11) is 0. The first-order chi connectivity index (χ1) is 9.19. The minimum atomic E-state index is -0.860. The fraction of sp³-hybridized carbons (Fsp3) is 0.733. The molecule has 0 fully saturated rings. The highest BCUT2D eigenvalue weighted by molar-refractivity contribution is 5.49. The molecule has 1 aromatic heterocycles. The van der Waals surface area contributed by atoms with E-state index in [-0.39, 0.29) is 0 Å². The Hall–Kier alpha value is -1.36. The molecule has 0 atom stereocenters. The second-order valence-electron chi connectivity index (χ2n) is 6.14. The molecule has 1 heterocycles. The highest BCUT2D eigenvalue weighted by atomic mass is 16.3. The summed E-state index contributed by atoms with van der Waals surface area (Å²) in [6, 6.07) is 1.89. The molecule has 20 heavy (non-hydrogen) atoms. The molecule has 5 heteroatoms. The summed E-state index contributed by atoms with van der Waals surface area (Å²) in [6.45, 7) is 12.5. The van der Waals surface area contributed by atoms with Gasteiger partial charge in [-0.05, 0) is 34.1 Å². The van der Waals surface area contributed by atoms with Gasteiger partial charge in [-0.1, -0.05) is 13.8 Å². The molecule has 0 aromatic carbocycles. The van der Waals surface area contributed by atoms with E-state index in [1.54, 1.807) is 13.8 Å². The van der Waals surface area contributed by atoms with E-state index in [1.807, 2.05) is 26.8 Å². The predicted molar refractivity (Wildman–Crippen MR) is 84.2 cm³/mol. The summed E-state index contributed by atoms with van der Waals surface area (Å²) in [6.07, 6.45) is 1.82. The number of nitrogens with one attached hydrogen (secondary N) is 2. The Balaban J connectivity index is 2.99. The van der Waals surface area contributed by atoms with Crippen LogP contribution in [0.15, 0.2) is 6.07 Å². The van der Waals surface area contributed by atoms with Gasteiger partial charge in [-0.3, -0.25) is 0 Å². The molecule has 0 aliphatic heterocycles. The molecule has 0 aliphatic carbocycles. The maximum absolute atomic E-state index is 10.2. The summed E-state index contributed by atoms with van der Waals surface area (Å²) in [5, 5.41) is 16.8. The van der Waals surface area contributed by atoms with Crippen molar-refractivity contribution in [3.63, 3.8) is 0 Å². The zero-order valence-corrected chi connectivity index (χ0v) is 13.5. The van der Waals surface area contributed by atoms with Crippen LogP contribution in [-0.4, -0.2) is 32.8 Å². The molecule has 1 aromatic rings. The minimum absolute atomic E-state index is 0.492.